The lowest BCUT2D eigenvalue weighted by molar-refractivity contribution is 0.0342. The summed E-state index contributed by atoms with van der Waals surface area (Å²) >= 11 is 3.10. The minimum atomic E-state index is -0.928. The Bertz CT molecular complexity index is 329. The fourth-order valence-electron chi connectivity index (χ4n) is 1.47. The van der Waals surface area contributed by atoms with Crippen molar-refractivity contribution in [3.8, 4) is 5.75 Å². The molecule has 3 nitrogen and oxygen atoms in total. The van der Waals surface area contributed by atoms with E-state index in [4.69, 9.17) is 0 Å². The number of phenolic OH excluding ortho intramolecular Hbond substituents is 1. The van der Waals surface area contributed by atoms with Crippen LogP contribution >= 0.6 is 15.9 Å². The van der Waals surface area contributed by atoms with Crippen LogP contribution in [0.25, 0.3) is 0 Å². The zero-order chi connectivity index (χ0) is 11.6. The molecule has 84 valence electrons. The molecule has 3 N–H and O–H groups in total. The van der Waals surface area contributed by atoms with E-state index in [2.05, 4.69) is 15.9 Å². The summed E-state index contributed by atoms with van der Waals surface area (Å²) in [5.74, 6) is 0.235. The quantitative estimate of drug-likeness (QED) is 0.737. The lowest BCUT2D eigenvalue weighted by atomic mass is 9.99. The number of hydrogen-bond donors (Lipinski definition) is 3. The third-order valence-electron chi connectivity index (χ3n) is 2.38. The molecule has 0 aliphatic carbocycles. The van der Waals surface area contributed by atoms with Crippen LogP contribution in [-0.2, 0) is 0 Å². The number of aliphatic hydroxyl groups is 2. The van der Waals surface area contributed by atoms with Crippen LogP contribution in [0.1, 0.15) is 22.8 Å². The zero-order valence-corrected chi connectivity index (χ0v) is 10.3. The highest BCUT2D eigenvalue weighted by molar-refractivity contribution is 9.09. The first-order valence-electron chi connectivity index (χ1n) is 4.69. The lowest BCUT2D eigenvalue weighted by Gasteiger charge is -2.17. The number of aromatic hydroxyl groups is 1. The standard InChI is InChI=1S/C11H15BrO3/c1-6-3-8(4-7(2)10(6)14)11(15)9(13)5-12/h3-4,9,11,13-15H,5H2,1-2H3. The van der Waals surface area contributed by atoms with Crippen LogP contribution in [-0.4, -0.2) is 26.8 Å². The summed E-state index contributed by atoms with van der Waals surface area (Å²) in [5.41, 5.74) is 2.02. The van der Waals surface area contributed by atoms with Gasteiger partial charge in [-0.3, -0.25) is 0 Å². The second-order valence-electron chi connectivity index (χ2n) is 3.67. The van der Waals surface area contributed by atoms with Gasteiger partial charge in [0.15, 0.2) is 0 Å². The Hall–Kier alpha value is -0.580. The molecule has 0 saturated heterocycles. The first kappa shape index (κ1) is 12.5. The van der Waals surface area contributed by atoms with E-state index >= 15 is 0 Å². The number of benzene rings is 1. The minimum absolute atomic E-state index is 0.235. The van der Waals surface area contributed by atoms with Crippen LogP contribution < -0.4 is 0 Å². The Morgan fingerprint density at radius 3 is 2.07 bits per heavy atom. The van der Waals surface area contributed by atoms with E-state index in [1.54, 1.807) is 26.0 Å². The molecular formula is C11H15BrO3. The highest BCUT2D eigenvalue weighted by Crippen LogP contribution is 2.27. The number of phenols is 1. The molecule has 0 aliphatic heterocycles. The van der Waals surface area contributed by atoms with Gasteiger partial charge < -0.3 is 15.3 Å². The van der Waals surface area contributed by atoms with Gasteiger partial charge in [0.25, 0.3) is 0 Å². The Balaban J connectivity index is 3.06. The predicted octanol–water partition coefficient (Wildman–Crippen LogP) is 1.80. The molecule has 0 aromatic heterocycles. The Morgan fingerprint density at radius 2 is 1.67 bits per heavy atom. The summed E-state index contributed by atoms with van der Waals surface area (Å²) in [7, 11) is 0. The number of hydrogen-bond acceptors (Lipinski definition) is 3. The molecule has 0 radical (unpaired) electrons. The molecule has 15 heavy (non-hydrogen) atoms. The maximum Gasteiger partial charge on any atom is 0.121 e. The van der Waals surface area contributed by atoms with Crippen molar-refractivity contribution >= 4 is 15.9 Å². The van der Waals surface area contributed by atoms with Crippen LogP contribution in [0.4, 0.5) is 0 Å². The highest BCUT2D eigenvalue weighted by atomic mass is 79.9. The van der Waals surface area contributed by atoms with Gasteiger partial charge in [-0.1, -0.05) is 15.9 Å². The fraction of sp³-hybridized carbons (Fsp3) is 0.455. The second-order valence-corrected chi connectivity index (χ2v) is 4.32. The first-order chi connectivity index (χ1) is 6.97. The van der Waals surface area contributed by atoms with Crippen LogP contribution in [0.2, 0.25) is 0 Å². The molecule has 1 aromatic carbocycles. The average Bonchev–Trinajstić information content (AvgIpc) is 2.23. The molecule has 2 atom stereocenters. The average molecular weight is 275 g/mol. The first-order valence-corrected chi connectivity index (χ1v) is 5.81. The number of rotatable bonds is 3. The summed E-state index contributed by atoms with van der Waals surface area (Å²) in [5, 5.41) is 29.1. The van der Waals surface area contributed by atoms with Crippen LogP contribution in [0.15, 0.2) is 12.1 Å². The molecule has 0 bridgehead atoms. The van der Waals surface area contributed by atoms with Crippen molar-refractivity contribution in [2.75, 3.05) is 5.33 Å². The molecule has 0 spiro atoms. The molecule has 0 fully saturated rings. The smallest absolute Gasteiger partial charge is 0.121 e. The van der Waals surface area contributed by atoms with Crippen molar-refractivity contribution in [1.82, 2.24) is 0 Å². The third-order valence-corrected chi connectivity index (χ3v) is 3.04. The summed E-state index contributed by atoms with van der Waals surface area (Å²) in [6.07, 6.45) is -1.77. The van der Waals surface area contributed by atoms with Gasteiger partial charge in [0, 0.05) is 5.33 Å². The minimum Gasteiger partial charge on any atom is -0.507 e. The van der Waals surface area contributed by atoms with Crippen molar-refractivity contribution < 1.29 is 15.3 Å². The number of halogens is 1. The van der Waals surface area contributed by atoms with Gasteiger partial charge in [-0.25, -0.2) is 0 Å². The normalized spacial score (nSPS) is 15.0. The lowest BCUT2D eigenvalue weighted by Crippen LogP contribution is -2.19. The van der Waals surface area contributed by atoms with Gasteiger partial charge in [-0.15, -0.1) is 0 Å². The van der Waals surface area contributed by atoms with Crippen molar-refractivity contribution in [2.24, 2.45) is 0 Å². The molecule has 4 heteroatoms. The summed E-state index contributed by atoms with van der Waals surface area (Å²) in [6, 6.07) is 3.36. The van der Waals surface area contributed by atoms with E-state index in [0.29, 0.717) is 22.0 Å². The second kappa shape index (κ2) is 4.96. The topological polar surface area (TPSA) is 60.7 Å². The fourth-order valence-corrected chi connectivity index (χ4v) is 1.82. The van der Waals surface area contributed by atoms with Gasteiger partial charge in [0.05, 0.1) is 6.10 Å². The van der Waals surface area contributed by atoms with Gasteiger partial charge in [0.2, 0.25) is 0 Å². The molecule has 0 heterocycles. The van der Waals surface area contributed by atoms with Gasteiger partial charge in [-0.05, 0) is 42.7 Å². The van der Waals surface area contributed by atoms with E-state index in [0.717, 1.165) is 0 Å². The maximum absolute atomic E-state index is 9.77. The molecule has 0 aliphatic rings. The highest BCUT2D eigenvalue weighted by Gasteiger charge is 2.18. The van der Waals surface area contributed by atoms with E-state index in [1.165, 1.54) is 0 Å². The zero-order valence-electron chi connectivity index (χ0n) is 8.74. The van der Waals surface area contributed by atoms with Gasteiger partial charge >= 0.3 is 0 Å². The molecule has 1 rings (SSSR count). The van der Waals surface area contributed by atoms with E-state index < -0.39 is 12.2 Å². The van der Waals surface area contributed by atoms with E-state index in [1.807, 2.05) is 0 Å². The van der Waals surface area contributed by atoms with Crippen molar-refractivity contribution in [1.29, 1.82) is 0 Å². The molecule has 0 saturated carbocycles. The predicted molar refractivity (Wildman–Crippen MR) is 62.3 cm³/mol. The van der Waals surface area contributed by atoms with E-state index in [9.17, 15) is 15.3 Å². The Morgan fingerprint density at radius 1 is 1.20 bits per heavy atom. The SMILES string of the molecule is Cc1cc(C(O)C(O)CBr)cc(C)c1O. The summed E-state index contributed by atoms with van der Waals surface area (Å²) in [4.78, 5) is 0. The Labute approximate surface area is 97.5 Å². The summed E-state index contributed by atoms with van der Waals surface area (Å²) < 4.78 is 0. The summed E-state index contributed by atoms with van der Waals surface area (Å²) in [6.45, 7) is 3.53. The van der Waals surface area contributed by atoms with E-state index in [-0.39, 0.29) is 5.75 Å². The van der Waals surface area contributed by atoms with Crippen LogP contribution in [0.5, 0.6) is 5.75 Å². The van der Waals surface area contributed by atoms with Crippen molar-refractivity contribution in [3.63, 3.8) is 0 Å². The maximum atomic E-state index is 9.77. The van der Waals surface area contributed by atoms with Crippen molar-refractivity contribution in [2.45, 2.75) is 26.1 Å². The third kappa shape index (κ3) is 2.71. The van der Waals surface area contributed by atoms with Crippen LogP contribution in [0.3, 0.4) is 0 Å². The molecular weight excluding hydrogens is 260 g/mol. The number of alkyl halides is 1. The molecule has 1 aromatic rings. The molecule has 2 unspecified atom stereocenters. The monoisotopic (exact) mass is 274 g/mol. The van der Waals surface area contributed by atoms with Crippen molar-refractivity contribution in [3.05, 3.63) is 28.8 Å². The largest absolute Gasteiger partial charge is 0.507 e. The van der Waals surface area contributed by atoms with Gasteiger partial charge in [-0.2, -0.15) is 0 Å². The molecule has 0 amide bonds. The number of aryl methyl sites for hydroxylation is 2. The Kier molecular flexibility index (Phi) is 4.13. The number of aliphatic hydroxyl groups excluding tert-OH is 2. The van der Waals surface area contributed by atoms with Crippen LogP contribution in [0, 0.1) is 13.8 Å². The van der Waals surface area contributed by atoms with Gasteiger partial charge in [0.1, 0.15) is 11.9 Å².